The van der Waals surface area contributed by atoms with E-state index in [1.807, 2.05) is 0 Å². The van der Waals surface area contributed by atoms with Crippen LogP contribution in [0.1, 0.15) is 31.1 Å². The summed E-state index contributed by atoms with van der Waals surface area (Å²) in [7, 11) is 0. The smallest absolute Gasteiger partial charge is 0.100 e. The highest BCUT2D eigenvalue weighted by Crippen LogP contribution is 2.10. The Kier molecular flexibility index (Phi) is 7.61. The number of benzene rings is 1. The molecule has 0 saturated heterocycles. The molecule has 0 radical (unpaired) electrons. The van der Waals surface area contributed by atoms with E-state index in [4.69, 9.17) is 15.3 Å². The van der Waals surface area contributed by atoms with Gasteiger partial charge in [-0.1, -0.05) is 12.1 Å². The normalized spacial score (nSPS) is 9.71. The average molecular weight is 299 g/mol. The maximum atomic E-state index is 10.5. The van der Waals surface area contributed by atoms with Crippen molar-refractivity contribution >= 4 is 17.9 Å². The summed E-state index contributed by atoms with van der Waals surface area (Å²) in [5.74, 6) is -5.13. The van der Waals surface area contributed by atoms with Crippen LogP contribution in [0.4, 0.5) is 0 Å². The number of aromatic carboxylic acids is 3. The van der Waals surface area contributed by atoms with Crippen molar-refractivity contribution in [1.29, 1.82) is 0 Å². The summed E-state index contributed by atoms with van der Waals surface area (Å²) in [6.45, 7) is -0.729. The highest BCUT2D eigenvalue weighted by molar-refractivity contribution is 6.02. The molecule has 9 heteroatoms. The minimum absolute atomic E-state index is 0.365. The van der Waals surface area contributed by atoms with Gasteiger partial charge in [-0.3, -0.25) is 0 Å². The lowest BCUT2D eigenvalue weighted by molar-refractivity contribution is -0.259. The van der Waals surface area contributed by atoms with E-state index in [0.717, 1.165) is 12.1 Å². The van der Waals surface area contributed by atoms with E-state index in [9.17, 15) is 29.7 Å². The Balaban J connectivity index is 0.000000567. The van der Waals surface area contributed by atoms with Crippen molar-refractivity contribution in [1.82, 2.24) is 0 Å². The molecule has 116 valence electrons. The zero-order valence-corrected chi connectivity index (χ0v) is 10.5. The largest absolute Gasteiger partial charge is 0.545 e. The maximum absolute atomic E-state index is 10.5. The van der Waals surface area contributed by atoms with Crippen LogP contribution in [0.25, 0.3) is 0 Å². The molecular weight excluding hydrogens is 288 g/mol. The van der Waals surface area contributed by atoms with Gasteiger partial charge in [-0.2, -0.15) is 0 Å². The second-order valence-corrected chi connectivity index (χ2v) is 3.64. The van der Waals surface area contributed by atoms with E-state index in [-0.39, 0.29) is 13.2 Å². The Morgan fingerprint density at radius 2 is 1.38 bits per heavy atom. The van der Waals surface area contributed by atoms with Crippen molar-refractivity contribution in [2.75, 3.05) is 13.2 Å². The van der Waals surface area contributed by atoms with Crippen molar-refractivity contribution in [3.8, 4) is 0 Å². The first kappa shape index (κ1) is 18.5. The molecule has 0 aromatic heterocycles. The van der Waals surface area contributed by atoms with Crippen molar-refractivity contribution in [2.24, 2.45) is 0 Å². The van der Waals surface area contributed by atoms with Gasteiger partial charge in [-0.15, -0.1) is 0 Å². The first-order chi connectivity index (χ1) is 9.74. The molecule has 9 nitrogen and oxygen atoms in total. The van der Waals surface area contributed by atoms with Gasteiger partial charge in [0.05, 0.1) is 31.1 Å². The molecule has 0 spiro atoms. The fourth-order valence-electron chi connectivity index (χ4n) is 1.08. The van der Waals surface area contributed by atoms with Gasteiger partial charge < -0.3 is 45.0 Å². The molecule has 0 amide bonds. The van der Waals surface area contributed by atoms with E-state index >= 15 is 0 Å². The molecule has 1 aromatic carbocycles. The van der Waals surface area contributed by atoms with Crippen LogP contribution < -0.4 is 15.3 Å². The van der Waals surface area contributed by atoms with Crippen molar-refractivity contribution in [3.63, 3.8) is 0 Å². The van der Waals surface area contributed by atoms with Crippen molar-refractivity contribution in [3.05, 3.63) is 34.9 Å². The third-order valence-electron chi connectivity index (χ3n) is 2.12. The summed E-state index contributed by atoms with van der Waals surface area (Å²) >= 11 is 0. The second kappa shape index (κ2) is 8.64. The van der Waals surface area contributed by atoms with Crippen LogP contribution in [0.5, 0.6) is 0 Å². The summed E-state index contributed by atoms with van der Waals surface area (Å²) in [5.41, 5.74) is -1.84. The summed E-state index contributed by atoms with van der Waals surface area (Å²) < 4.78 is 0. The molecule has 0 aliphatic rings. The monoisotopic (exact) mass is 299 g/mol. The Morgan fingerprint density at radius 1 is 0.905 bits per heavy atom. The SMILES string of the molecule is O=C([O-])c1ccc(C(=O)[O-])c(C(=O)[O-])c1.OCC(O)CO. The zero-order chi connectivity index (χ0) is 16.6. The molecule has 1 rings (SSSR count). The lowest BCUT2D eigenvalue weighted by atomic mass is 10.0. The predicted molar refractivity (Wildman–Crippen MR) is 59.6 cm³/mol. The Bertz CT molecular complexity index is 519. The molecule has 0 bridgehead atoms. The van der Waals surface area contributed by atoms with Crippen LogP contribution >= 0.6 is 0 Å². The van der Waals surface area contributed by atoms with Crippen LogP contribution in [-0.2, 0) is 0 Å². The van der Waals surface area contributed by atoms with Crippen molar-refractivity contribution in [2.45, 2.75) is 6.10 Å². The fourth-order valence-corrected chi connectivity index (χ4v) is 1.08. The number of hydrogen-bond acceptors (Lipinski definition) is 9. The first-order valence-corrected chi connectivity index (χ1v) is 5.42. The third kappa shape index (κ3) is 5.99. The van der Waals surface area contributed by atoms with Crippen LogP contribution in [0.3, 0.4) is 0 Å². The average Bonchev–Trinajstić information content (AvgIpc) is 2.45. The quantitative estimate of drug-likeness (QED) is 0.480. The first-order valence-electron chi connectivity index (χ1n) is 5.42. The van der Waals surface area contributed by atoms with E-state index in [1.165, 1.54) is 0 Å². The second-order valence-electron chi connectivity index (χ2n) is 3.64. The predicted octanol–water partition coefficient (Wildman–Crippen LogP) is -4.89. The molecular formula is C12H11O9-3. The Morgan fingerprint density at radius 3 is 1.67 bits per heavy atom. The maximum Gasteiger partial charge on any atom is 0.100 e. The Hall–Kier alpha value is -2.49. The number of rotatable bonds is 5. The van der Waals surface area contributed by atoms with Gasteiger partial charge in [0, 0.05) is 11.1 Å². The third-order valence-corrected chi connectivity index (χ3v) is 2.12. The minimum Gasteiger partial charge on any atom is -0.545 e. The molecule has 0 unspecified atom stereocenters. The number of carboxylic acid groups (broad SMARTS) is 3. The number of carbonyl (C=O) groups excluding carboxylic acids is 3. The number of hydrogen-bond donors (Lipinski definition) is 3. The number of aliphatic hydroxyl groups is 3. The van der Waals surface area contributed by atoms with Crippen molar-refractivity contribution < 1.29 is 45.0 Å². The van der Waals surface area contributed by atoms with E-state index in [0.29, 0.717) is 6.07 Å². The van der Waals surface area contributed by atoms with Gasteiger partial charge in [0.1, 0.15) is 6.10 Å². The van der Waals surface area contributed by atoms with Crippen LogP contribution in [-0.4, -0.2) is 52.5 Å². The lowest BCUT2D eigenvalue weighted by Gasteiger charge is -2.13. The van der Waals surface area contributed by atoms with E-state index in [2.05, 4.69) is 0 Å². The van der Waals surface area contributed by atoms with Gasteiger partial charge in [0.15, 0.2) is 0 Å². The summed E-state index contributed by atoms with van der Waals surface area (Å²) in [6.07, 6.45) is -0.954. The van der Waals surface area contributed by atoms with Crippen LogP contribution in [0.2, 0.25) is 0 Å². The molecule has 0 saturated carbocycles. The zero-order valence-electron chi connectivity index (χ0n) is 10.5. The van der Waals surface area contributed by atoms with Crippen LogP contribution in [0.15, 0.2) is 18.2 Å². The molecule has 1 aromatic rings. The molecule has 0 heterocycles. The topological polar surface area (TPSA) is 181 Å². The van der Waals surface area contributed by atoms with Crippen LogP contribution in [0, 0.1) is 0 Å². The van der Waals surface area contributed by atoms with E-state index in [1.54, 1.807) is 0 Å². The fraction of sp³-hybridized carbons (Fsp3) is 0.250. The lowest BCUT2D eigenvalue weighted by Crippen LogP contribution is -2.31. The summed E-state index contributed by atoms with van der Waals surface area (Å²) in [6, 6.07) is 2.37. The van der Waals surface area contributed by atoms with Gasteiger partial charge in [0.2, 0.25) is 0 Å². The number of aliphatic hydroxyl groups excluding tert-OH is 3. The highest BCUT2D eigenvalue weighted by Gasteiger charge is 2.06. The van der Waals surface area contributed by atoms with Gasteiger partial charge in [-0.05, 0) is 11.6 Å². The molecule has 3 N–H and O–H groups in total. The standard InChI is InChI=1S/C9H6O6.C3H8O3/c10-7(11)4-1-2-5(8(12)13)6(3-4)9(14)15;4-1-3(6)2-5/h1-3H,(H,10,11)(H,12,13)(H,14,15);3-6H,1-2H2/p-3. The summed E-state index contributed by atoms with van der Waals surface area (Å²) in [4.78, 5) is 31.3. The van der Waals surface area contributed by atoms with E-state index < -0.39 is 40.7 Å². The molecule has 0 fully saturated rings. The molecule has 0 atom stereocenters. The molecule has 0 aliphatic heterocycles. The number of carboxylic acids is 3. The Labute approximate surface area is 118 Å². The molecule has 0 aliphatic carbocycles. The highest BCUT2D eigenvalue weighted by atomic mass is 16.4. The molecule has 21 heavy (non-hydrogen) atoms. The number of carbonyl (C=O) groups is 3. The van der Waals surface area contributed by atoms with Gasteiger partial charge >= 0.3 is 0 Å². The minimum atomic E-state index is -1.79. The van der Waals surface area contributed by atoms with Gasteiger partial charge in [0.25, 0.3) is 0 Å². The van der Waals surface area contributed by atoms with Gasteiger partial charge in [-0.25, -0.2) is 0 Å². The summed E-state index contributed by atoms with van der Waals surface area (Å²) in [5, 5.41) is 55.3.